The number of pyridine rings is 1. The molecule has 0 spiro atoms. The molecule has 1 aromatic heterocycles. The predicted octanol–water partition coefficient (Wildman–Crippen LogP) is 3.71. The van der Waals surface area contributed by atoms with Crippen molar-refractivity contribution in [3.63, 3.8) is 0 Å². The second kappa shape index (κ2) is 7.44. The van der Waals surface area contributed by atoms with Gasteiger partial charge in [-0.15, -0.1) is 0 Å². The highest BCUT2D eigenvalue weighted by Gasteiger charge is 2.19. The van der Waals surface area contributed by atoms with Gasteiger partial charge in [-0.2, -0.15) is 0 Å². The first-order valence-electron chi connectivity index (χ1n) is 9.02. The fourth-order valence-electron chi connectivity index (χ4n) is 3.14. The lowest BCUT2D eigenvalue weighted by Gasteiger charge is -2.35. The number of benzene rings is 1. The van der Waals surface area contributed by atoms with E-state index in [2.05, 4.69) is 54.8 Å². The van der Waals surface area contributed by atoms with Crippen molar-refractivity contribution < 1.29 is 4.74 Å². The molecule has 1 saturated heterocycles. The second-order valence-corrected chi connectivity index (χ2v) is 7.77. The van der Waals surface area contributed by atoms with Crippen LogP contribution in [0.15, 0.2) is 42.6 Å². The van der Waals surface area contributed by atoms with Crippen molar-refractivity contribution >= 4 is 5.82 Å². The van der Waals surface area contributed by atoms with Crippen molar-refractivity contribution in [2.75, 3.05) is 38.2 Å². The van der Waals surface area contributed by atoms with Gasteiger partial charge in [0.1, 0.15) is 11.6 Å². The maximum Gasteiger partial charge on any atom is 0.128 e. The minimum absolute atomic E-state index is 0.155. The van der Waals surface area contributed by atoms with Crippen LogP contribution in [0.5, 0.6) is 5.75 Å². The summed E-state index contributed by atoms with van der Waals surface area (Å²) in [5, 5.41) is 0. The van der Waals surface area contributed by atoms with Crippen LogP contribution in [0.25, 0.3) is 0 Å². The molecule has 0 atom stereocenters. The summed E-state index contributed by atoms with van der Waals surface area (Å²) in [4.78, 5) is 9.58. The minimum Gasteiger partial charge on any atom is -0.497 e. The Morgan fingerprint density at radius 1 is 0.960 bits per heavy atom. The first-order chi connectivity index (χ1) is 12.0. The van der Waals surface area contributed by atoms with Crippen LogP contribution in [0.2, 0.25) is 0 Å². The molecular weight excluding hydrogens is 310 g/mol. The molecule has 1 aliphatic rings. The third-order valence-corrected chi connectivity index (χ3v) is 4.88. The maximum atomic E-state index is 5.22. The molecule has 134 valence electrons. The van der Waals surface area contributed by atoms with Crippen LogP contribution in [-0.2, 0) is 12.0 Å². The summed E-state index contributed by atoms with van der Waals surface area (Å²) in [6.07, 6.45) is 2.03. The van der Waals surface area contributed by atoms with Crippen LogP contribution in [0, 0.1) is 0 Å². The smallest absolute Gasteiger partial charge is 0.128 e. The van der Waals surface area contributed by atoms with Gasteiger partial charge in [0, 0.05) is 38.9 Å². The third-order valence-electron chi connectivity index (χ3n) is 4.88. The summed E-state index contributed by atoms with van der Waals surface area (Å²) >= 11 is 0. The van der Waals surface area contributed by atoms with Crippen LogP contribution in [0.1, 0.15) is 31.9 Å². The lowest BCUT2D eigenvalue weighted by atomic mass is 9.88. The molecule has 0 radical (unpaired) electrons. The maximum absolute atomic E-state index is 5.22. The van der Waals surface area contributed by atoms with E-state index < -0.39 is 0 Å². The van der Waals surface area contributed by atoms with Gasteiger partial charge in [0.2, 0.25) is 0 Å². The van der Waals surface area contributed by atoms with E-state index in [1.165, 1.54) is 11.1 Å². The Morgan fingerprint density at radius 3 is 2.16 bits per heavy atom. The quantitative estimate of drug-likeness (QED) is 0.849. The molecule has 0 N–H and O–H groups in total. The summed E-state index contributed by atoms with van der Waals surface area (Å²) in [6.45, 7) is 11.8. The molecule has 3 rings (SSSR count). The Morgan fingerprint density at radius 2 is 1.64 bits per heavy atom. The fourth-order valence-corrected chi connectivity index (χ4v) is 3.14. The predicted molar refractivity (Wildman–Crippen MR) is 103 cm³/mol. The molecule has 0 unspecified atom stereocenters. The van der Waals surface area contributed by atoms with Gasteiger partial charge in [-0.05, 0) is 34.7 Å². The highest BCUT2D eigenvalue weighted by molar-refractivity contribution is 5.41. The molecule has 2 heterocycles. The largest absolute Gasteiger partial charge is 0.497 e. The van der Waals surface area contributed by atoms with Gasteiger partial charge in [-0.25, -0.2) is 4.98 Å². The van der Waals surface area contributed by atoms with Crippen molar-refractivity contribution in [1.29, 1.82) is 0 Å². The Hall–Kier alpha value is -2.07. The summed E-state index contributed by atoms with van der Waals surface area (Å²) in [5.74, 6) is 2.01. The summed E-state index contributed by atoms with van der Waals surface area (Å²) in [7, 11) is 1.70. The van der Waals surface area contributed by atoms with E-state index in [0.717, 1.165) is 44.3 Å². The Balaban J connectivity index is 1.54. The van der Waals surface area contributed by atoms with E-state index in [-0.39, 0.29) is 5.41 Å². The van der Waals surface area contributed by atoms with Gasteiger partial charge in [0.05, 0.1) is 7.11 Å². The zero-order valence-electron chi connectivity index (χ0n) is 15.8. The van der Waals surface area contributed by atoms with E-state index in [0.29, 0.717) is 0 Å². The lowest BCUT2D eigenvalue weighted by molar-refractivity contribution is 0.249. The zero-order chi connectivity index (χ0) is 17.9. The molecule has 0 bridgehead atoms. The summed E-state index contributed by atoms with van der Waals surface area (Å²) in [6, 6.07) is 12.8. The van der Waals surface area contributed by atoms with E-state index in [1.54, 1.807) is 7.11 Å². The molecule has 4 nitrogen and oxygen atoms in total. The Labute approximate surface area is 151 Å². The van der Waals surface area contributed by atoms with Crippen LogP contribution in [0.4, 0.5) is 5.82 Å². The number of nitrogens with zero attached hydrogens (tertiary/aromatic N) is 3. The van der Waals surface area contributed by atoms with Gasteiger partial charge in [0.15, 0.2) is 0 Å². The van der Waals surface area contributed by atoms with E-state index in [9.17, 15) is 0 Å². The molecule has 1 aromatic carbocycles. The molecule has 4 heteroatoms. The molecule has 1 aliphatic heterocycles. The van der Waals surface area contributed by atoms with Crippen molar-refractivity contribution in [3.8, 4) is 5.75 Å². The van der Waals surface area contributed by atoms with Gasteiger partial charge in [-0.3, -0.25) is 4.90 Å². The Bertz CT molecular complexity index is 666. The summed E-state index contributed by atoms with van der Waals surface area (Å²) in [5.41, 5.74) is 2.78. The first-order valence-corrected chi connectivity index (χ1v) is 9.02. The number of ether oxygens (including phenoxy) is 1. The monoisotopic (exact) mass is 339 g/mol. The van der Waals surface area contributed by atoms with E-state index >= 15 is 0 Å². The molecule has 0 saturated carbocycles. The highest BCUT2D eigenvalue weighted by Crippen LogP contribution is 2.23. The topological polar surface area (TPSA) is 28.6 Å². The van der Waals surface area contributed by atoms with Crippen LogP contribution < -0.4 is 9.64 Å². The van der Waals surface area contributed by atoms with Crippen LogP contribution >= 0.6 is 0 Å². The summed E-state index contributed by atoms with van der Waals surface area (Å²) < 4.78 is 5.22. The fraction of sp³-hybridized carbons (Fsp3) is 0.476. The van der Waals surface area contributed by atoms with Crippen LogP contribution in [-0.4, -0.2) is 43.2 Å². The highest BCUT2D eigenvalue weighted by atomic mass is 16.5. The number of hydrogen-bond acceptors (Lipinski definition) is 4. The van der Waals surface area contributed by atoms with Gasteiger partial charge < -0.3 is 9.64 Å². The number of hydrogen-bond donors (Lipinski definition) is 0. The molecule has 0 aliphatic carbocycles. The van der Waals surface area contributed by atoms with E-state index in [1.807, 2.05) is 18.3 Å². The number of anilines is 1. The SMILES string of the molecule is COc1ccc(CN2CCN(c3ccc(C(C)(C)C)cn3)CC2)cc1. The number of piperazine rings is 1. The molecule has 0 amide bonds. The average molecular weight is 339 g/mol. The second-order valence-electron chi connectivity index (χ2n) is 7.77. The number of methoxy groups -OCH3 is 1. The zero-order valence-corrected chi connectivity index (χ0v) is 15.8. The van der Waals surface area contributed by atoms with Crippen molar-refractivity contribution in [3.05, 3.63) is 53.7 Å². The standard InChI is InChI=1S/C21H29N3O/c1-21(2,3)18-7-10-20(22-15-18)24-13-11-23(12-14-24)16-17-5-8-19(25-4)9-6-17/h5-10,15H,11-14,16H2,1-4H3. The molecule has 1 fully saturated rings. The van der Waals surface area contributed by atoms with Crippen LogP contribution in [0.3, 0.4) is 0 Å². The minimum atomic E-state index is 0.155. The molecular formula is C21H29N3O. The lowest BCUT2D eigenvalue weighted by Crippen LogP contribution is -2.46. The van der Waals surface area contributed by atoms with E-state index in [4.69, 9.17) is 9.72 Å². The van der Waals surface area contributed by atoms with Gasteiger partial charge in [0.25, 0.3) is 0 Å². The van der Waals surface area contributed by atoms with Crippen molar-refractivity contribution in [2.24, 2.45) is 0 Å². The van der Waals surface area contributed by atoms with Gasteiger partial charge in [-0.1, -0.05) is 39.0 Å². The number of aromatic nitrogens is 1. The first kappa shape index (κ1) is 17.7. The third kappa shape index (κ3) is 4.51. The number of rotatable bonds is 4. The van der Waals surface area contributed by atoms with Crippen molar-refractivity contribution in [1.82, 2.24) is 9.88 Å². The Kier molecular flexibility index (Phi) is 5.28. The van der Waals surface area contributed by atoms with Gasteiger partial charge >= 0.3 is 0 Å². The normalized spacial score (nSPS) is 16.1. The average Bonchev–Trinajstić information content (AvgIpc) is 2.62. The van der Waals surface area contributed by atoms with Crippen molar-refractivity contribution in [2.45, 2.75) is 32.7 Å². The molecule has 2 aromatic rings. The molecule has 25 heavy (non-hydrogen) atoms.